The summed E-state index contributed by atoms with van der Waals surface area (Å²) in [5.41, 5.74) is 4.72. The number of hydrogen-bond acceptors (Lipinski definition) is 4. The highest BCUT2D eigenvalue weighted by atomic mass is 32.2. The first-order valence-electron chi connectivity index (χ1n) is 4.21. The Morgan fingerprint density at radius 1 is 1.43 bits per heavy atom. The number of urea groups is 1. The highest BCUT2D eigenvalue weighted by molar-refractivity contribution is 7.84. The normalized spacial score (nSPS) is 12.1. The van der Waals surface area contributed by atoms with Crippen LogP contribution in [0.2, 0.25) is 0 Å². The molecule has 0 aromatic rings. The number of imide groups is 1. The third-order valence-corrected chi connectivity index (χ3v) is 2.68. The van der Waals surface area contributed by atoms with Crippen molar-refractivity contribution < 1.29 is 13.8 Å². The van der Waals surface area contributed by atoms with Crippen LogP contribution < -0.4 is 16.4 Å². The molecule has 0 fully saturated rings. The van der Waals surface area contributed by atoms with Gasteiger partial charge in [-0.2, -0.15) is 0 Å². The lowest BCUT2D eigenvalue weighted by Gasteiger charge is -2.03. The SMILES string of the molecule is CCS(=O)CCNCC(=O)NC(N)=O. The summed E-state index contributed by atoms with van der Waals surface area (Å²) in [5.74, 6) is 0.620. The highest BCUT2D eigenvalue weighted by Gasteiger charge is 2.02. The van der Waals surface area contributed by atoms with Gasteiger partial charge in [0.15, 0.2) is 0 Å². The van der Waals surface area contributed by atoms with Crippen LogP contribution in [0, 0.1) is 0 Å². The van der Waals surface area contributed by atoms with Crippen molar-refractivity contribution >= 4 is 22.7 Å². The summed E-state index contributed by atoms with van der Waals surface area (Å²) in [6.45, 7) is 2.31. The zero-order chi connectivity index (χ0) is 11.0. The first kappa shape index (κ1) is 13.1. The third kappa shape index (κ3) is 7.69. The molecule has 0 aromatic carbocycles. The minimum atomic E-state index is -0.867. The van der Waals surface area contributed by atoms with E-state index in [1.165, 1.54) is 0 Å². The number of rotatable bonds is 6. The topological polar surface area (TPSA) is 101 Å². The van der Waals surface area contributed by atoms with Crippen LogP contribution in [0.4, 0.5) is 4.79 Å². The van der Waals surface area contributed by atoms with E-state index in [2.05, 4.69) is 5.32 Å². The number of hydrogen-bond donors (Lipinski definition) is 3. The van der Waals surface area contributed by atoms with Crippen molar-refractivity contribution in [2.45, 2.75) is 6.92 Å². The summed E-state index contributed by atoms with van der Waals surface area (Å²) in [6.07, 6.45) is 0. The molecule has 0 aliphatic rings. The summed E-state index contributed by atoms with van der Waals surface area (Å²) in [5, 5.41) is 4.65. The molecule has 82 valence electrons. The van der Waals surface area contributed by atoms with E-state index in [9.17, 15) is 13.8 Å². The van der Waals surface area contributed by atoms with Crippen LogP contribution >= 0.6 is 0 Å². The van der Waals surface area contributed by atoms with Crippen LogP contribution in [-0.2, 0) is 15.6 Å². The van der Waals surface area contributed by atoms with Gasteiger partial charge < -0.3 is 11.1 Å². The Hall–Kier alpha value is -0.950. The predicted molar refractivity (Wildman–Crippen MR) is 54.1 cm³/mol. The van der Waals surface area contributed by atoms with Crippen LogP contribution in [0.1, 0.15) is 6.92 Å². The molecule has 3 amide bonds. The molecule has 7 heteroatoms. The number of carbonyl (C=O) groups excluding carboxylic acids is 2. The van der Waals surface area contributed by atoms with E-state index in [0.717, 1.165) is 0 Å². The predicted octanol–water partition coefficient (Wildman–Crippen LogP) is -1.46. The summed E-state index contributed by atoms with van der Waals surface area (Å²) in [4.78, 5) is 21.0. The van der Waals surface area contributed by atoms with Gasteiger partial charge >= 0.3 is 6.03 Å². The van der Waals surface area contributed by atoms with Crippen molar-refractivity contribution in [3.05, 3.63) is 0 Å². The monoisotopic (exact) mass is 221 g/mol. The maximum absolute atomic E-state index is 10.9. The van der Waals surface area contributed by atoms with Crippen LogP contribution in [-0.4, -0.2) is 40.7 Å². The molecule has 0 aliphatic carbocycles. The molecule has 0 saturated heterocycles. The molecule has 4 N–H and O–H groups in total. The standard InChI is InChI=1S/C7H15N3O3S/c1-2-14(13)4-3-9-5-6(11)10-7(8)12/h9H,2-5H2,1H3,(H3,8,10,11,12). The van der Waals surface area contributed by atoms with Gasteiger partial charge in [0.25, 0.3) is 0 Å². The van der Waals surface area contributed by atoms with Gasteiger partial charge in [0, 0.05) is 28.9 Å². The van der Waals surface area contributed by atoms with E-state index < -0.39 is 22.7 Å². The van der Waals surface area contributed by atoms with Crippen molar-refractivity contribution in [1.82, 2.24) is 10.6 Å². The van der Waals surface area contributed by atoms with Crippen molar-refractivity contribution in [1.29, 1.82) is 0 Å². The molecule has 0 heterocycles. The molecule has 0 rings (SSSR count). The summed E-state index contributed by atoms with van der Waals surface area (Å²) in [7, 11) is -0.838. The molecule has 0 aliphatic heterocycles. The molecule has 0 bridgehead atoms. The molecular formula is C7H15N3O3S. The molecule has 0 radical (unpaired) electrons. The Kier molecular flexibility index (Phi) is 6.95. The largest absolute Gasteiger partial charge is 0.351 e. The number of carbonyl (C=O) groups is 2. The van der Waals surface area contributed by atoms with Gasteiger partial charge in [-0.25, -0.2) is 4.79 Å². The first-order valence-corrected chi connectivity index (χ1v) is 5.70. The van der Waals surface area contributed by atoms with Crippen LogP contribution in [0.25, 0.3) is 0 Å². The van der Waals surface area contributed by atoms with Crippen LogP contribution in [0.15, 0.2) is 0 Å². The fourth-order valence-corrected chi connectivity index (χ4v) is 1.37. The molecule has 14 heavy (non-hydrogen) atoms. The lowest BCUT2D eigenvalue weighted by atomic mass is 10.5. The minimum absolute atomic E-state index is 0.00382. The minimum Gasteiger partial charge on any atom is -0.351 e. The lowest BCUT2D eigenvalue weighted by molar-refractivity contribution is -0.119. The Balaban J connectivity index is 3.40. The first-order chi connectivity index (χ1) is 6.56. The zero-order valence-electron chi connectivity index (χ0n) is 8.04. The van der Waals surface area contributed by atoms with Crippen molar-refractivity contribution in [2.24, 2.45) is 5.73 Å². The lowest BCUT2D eigenvalue weighted by Crippen LogP contribution is -2.41. The van der Waals surface area contributed by atoms with Gasteiger partial charge in [-0.3, -0.25) is 14.3 Å². The zero-order valence-corrected chi connectivity index (χ0v) is 8.86. The number of nitrogens with two attached hydrogens (primary N) is 1. The molecule has 0 spiro atoms. The fourth-order valence-electron chi connectivity index (χ4n) is 0.714. The summed E-state index contributed by atoms with van der Waals surface area (Å²) in [6, 6.07) is -0.867. The van der Waals surface area contributed by atoms with Gasteiger partial charge in [0.2, 0.25) is 5.91 Å². The average molecular weight is 221 g/mol. The second-order valence-corrected chi connectivity index (χ2v) is 4.39. The van der Waals surface area contributed by atoms with E-state index in [1.54, 1.807) is 0 Å². The van der Waals surface area contributed by atoms with Gasteiger partial charge in [-0.15, -0.1) is 0 Å². The average Bonchev–Trinajstić information content (AvgIpc) is 2.10. The van der Waals surface area contributed by atoms with Crippen molar-refractivity contribution in [3.63, 3.8) is 0 Å². The Labute approximate surface area is 85.1 Å². The molecule has 0 aromatic heterocycles. The Morgan fingerprint density at radius 2 is 2.07 bits per heavy atom. The Morgan fingerprint density at radius 3 is 2.57 bits per heavy atom. The summed E-state index contributed by atoms with van der Waals surface area (Å²) < 4.78 is 10.9. The highest BCUT2D eigenvalue weighted by Crippen LogP contribution is 1.78. The number of amides is 3. The molecule has 1 atom stereocenters. The fraction of sp³-hybridized carbons (Fsp3) is 0.714. The van der Waals surface area contributed by atoms with E-state index >= 15 is 0 Å². The van der Waals surface area contributed by atoms with Crippen molar-refractivity contribution in [3.8, 4) is 0 Å². The summed E-state index contributed by atoms with van der Waals surface area (Å²) >= 11 is 0. The van der Waals surface area contributed by atoms with E-state index in [4.69, 9.17) is 5.73 Å². The van der Waals surface area contributed by atoms with E-state index in [-0.39, 0.29) is 6.54 Å². The van der Waals surface area contributed by atoms with Gasteiger partial charge in [0.1, 0.15) is 0 Å². The van der Waals surface area contributed by atoms with Crippen LogP contribution in [0.5, 0.6) is 0 Å². The number of primary amides is 1. The van der Waals surface area contributed by atoms with Gasteiger partial charge in [0.05, 0.1) is 6.54 Å². The molecule has 6 nitrogen and oxygen atoms in total. The smallest absolute Gasteiger partial charge is 0.318 e. The second-order valence-electron chi connectivity index (χ2n) is 2.52. The van der Waals surface area contributed by atoms with Crippen LogP contribution in [0.3, 0.4) is 0 Å². The van der Waals surface area contributed by atoms with E-state index in [1.807, 2.05) is 12.2 Å². The quantitative estimate of drug-likeness (QED) is 0.477. The molecule has 0 saturated carbocycles. The maximum Gasteiger partial charge on any atom is 0.318 e. The van der Waals surface area contributed by atoms with Gasteiger partial charge in [-0.1, -0.05) is 6.92 Å². The van der Waals surface area contributed by atoms with Crippen molar-refractivity contribution in [2.75, 3.05) is 24.6 Å². The second kappa shape index (κ2) is 7.45. The Bertz CT molecular complexity index is 232. The number of nitrogens with one attached hydrogen (secondary N) is 2. The maximum atomic E-state index is 10.9. The molecule has 1 unspecified atom stereocenters. The molecular weight excluding hydrogens is 206 g/mol. The third-order valence-electron chi connectivity index (χ3n) is 1.38. The van der Waals surface area contributed by atoms with Gasteiger partial charge in [-0.05, 0) is 0 Å². The van der Waals surface area contributed by atoms with E-state index in [0.29, 0.717) is 18.1 Å².